The first-order chi connectivity index (χ1) is 26.7. The van der Waals surface area contributed by atoms with E-state index < -0.39 is 0 Å². The Labute approximate surface area is 314 Å². The third kappa shape index (κ3) is 5.88. The first-order valence-corrected chi connectivity index (χ1v) is 18.3. The van der Waals surface area contributed by atoms with Crippen LogP contribution in [0.5, 0.6) is 0 Å². The van der Waals surface area contributed by atoms with E-state index in [0.29, 0.717) is 5.89 Å². The van der Waals surface area contributed by atoms with Gasteiger partial charge in [-0.2, -0.15) is 0 Å². The Kier molecular flexibility index (Phi) is 7.81. The van der Waals surface area contributed by atoms with E-state index in [1.54, 1.807) is 0 Å². The molecule has 0 saturated carbocycles. The SMILES string of the molecule is c1ccc(-c2nc3ccc4cc(-c5ccc(-c6ccc(N(c7ccccc7)c7ccc(-c8ccc9ccccc9c8)cc7)cc6)cc5)ccc4c3o2)cc1. The third-order valence-electron chi connectivity index (χ3n) is 10.3. The van der Waals surface area contributed by atoms with Crippen molar-refractivity contribution in [3.63, 3.8) is 0 Å². The van der Waals surface area contributed by atoms with E-state index in [0.717, 1.165) is 50.1 Å². The smallest absolute Gasteiger partial charge is 0.227 e. The molecule has 254 valence electrons. The molecular weight excluding hydrogens is 657 g/mol. The third-order valence-corrected chi connectivity index (χ3v) is 10.3. The fourth-order valence-corrected chi connectivity index (χ4v) is 7.45. The highest BCUT2D eigenvalue weighted by atomic mass is 16.3. The lowest BCUT2D eigenvalue weighted by molar-refractivity contribution is 0.623. The molecule has 10 rings (SSSR count). The van der Waals surface area contributed by atoms with Gasteiger partial charge in [0, 0.05) is 28.0 Å². The van der Waals surface area contributed by atoms with Crippen molar-refractivity contribution in [1.82, 2.24) is 4.98 Å². The minimum absolute atomic E-state index is 0.644. The zero-order chi connectivity index (χ0) is 35.8. The zero-order valence-electron chi connectivity index (χ0n) is 29.4. The second-order valence-corrected chi connectivity index (χ2v) is 13.6. The molecule has 0 saturated heterocycles. The van der Waals surface area contributed by atoms with Crippen LogP contribution in [0.4, 0.5) is 17.1 Å². The van der Waals surface area contributed by atoms with Crippen molar-refractivity contribution in [2.45, 2.75) is 0 Å². The van der Waals surface area contributed by atoms with Gasteiger partial charge in [-0.1, -0.05) is 133 Å². The number of aromatic nitrogens is 1. The van der Waals surface area contributed by atoms with Gasteiger partial charge in [-0.3, -0.25) is 0 Å². The minimum atomic E-state index is 0.644. The summed E-state index contributed by atoms with van der Waals surface area (Å²) in [5.41, 5.74) is 13.1. The van der Waals surface area contributed by atoms with E-state index in [4.69, 9.17) is 9.40 Å². The molecule has 0 bridgehead atoms. The number of hydrogen-bond donors (Lipinski definition) is 0. The summed E-state index contributed by atoms with van der Waals surface area (Å²) >= 11 is 0. The number of nitrogens with zero attached hydrogens (tertiary/aromatic N) is 2. The number of oxazole rings is 1. The molecule has 0 atom stereocenters. The fraction of sp³-hybridized carbons (Fsp3) is 0. The molecule has 3 heteroatoms. The highest BCUT2D eigenvalue weighted by Crippen LogP contribution is 2.38. The van der Waals surface area contributed by atoms with Gasteiger partial charge >= 0.3 is 0 Å². The van der Waals surface area contributed by atoms with Gasteiger partial charge in [0.15, 0.2) is 5.58 Å². The number of fused-ring (bicyclic) bond motifs is 4. The van der Waals surface area contributed by atoms with Crippen LogP contribution in [0.15, 0.2) is 211 Å². The van der Waals surface area contributed by atoms with Crippen molar-refractivity contribution >= 4 is 49.7 Å². The van der Waals surface area contributed by atoms with Gasteiger partial charge in [0.05, 0.1) is 0 Å². The highest BCUT2D eigenvalue weighted by molar-refractivity contribution is 6.05. The molecule has 1 aromatic heterocycles. The molecule has 54 heavy (non-hydrogen) atoms. The lowest BCUT2D eigenvalue weighted by atomic mass is 9.98. The molecule has 0 fully saturated rings. The highest BCUT2D eigenvalue weighted by Gasteiger charge is 2.14. The van der Waals surface area contributed by atoms with Gasteiger partial charge in [0.1, 0.15) is 5.52 Å². The van der Waals surface area contributed by atoms with Crippen molar-refractivity contribution in [2.75, 3.05) is 4.90 Å². The summed E-state index contributed by atoms with van der Waals surface area (Å²) in [6, 6.07) is 73.1. The number of anilines is 3. The first kappa shape index (κ1) is 31.5. The maximum atomic E-state index is 6.27. The summed E-state index contributed by atoms with van der Waals surface area (Å²) in [4.78, 5) is 7.06. The molecule has 3 nitrogen and oxygen atoms in total. The normalized spacial score (nSPS) is 11.3. The van der Waals surface area contributed by atoms with E-state index in [1.807, 2.05) is 36.4 Å². The second-order valence-electron chi connectivity index (χ2n) is 13.6. The standard InChI is InChI=1S/C51H34N2O/c1-3-10-40(11-4-1)51-52-49-32-26-44-34-43(25-31-48(44)50(49)54-51)38-17-15-36(16-18-38)37-21-27-46(28-22-37)53(45-13-5-2-6-14-45)47-29-23-39(24-30-47)42-20-19-35-9-7-8-12-41(35)33-42/h1-34H. The Morgan fingerprint density at radius 3 is 1.44 bits per heavy atom. The molecule has 10 aromatic rings. The van der Waals surface area contributed by atoms with E-state index >= 15 is 0 Å². The molecule has 0 spiro atoms. The monoisotopic (exact) mass is 690 g/mol. The van der Waals surface area contributed by atoms with Crippen LogP contribution in [0.25, 0.3) is 77.5 Å². The van der Waals surface area contributed by atoms with Crippen LogP contribution < -0.4 is 4.90 Å². The van der Waals surface area contributed by atoms with Crippen LogP contribution >= 0.6 is 0 Å². The van der Waals surface area contributed by atoms with Crippen LogP contribution in [-0.2, 0) is 0 Å². The molecule has 9 aromatic carbocycles. The first-order valence-electron chi connectivity index (χ1n) is 18.3. The molecular formula is C51H34N2O. The Hall–Kier alpha value is -7.23. The summed E-state index contributed by atoms with van der Waals surface area (Å²) in [7, 11) is 0. The average molecular weight is 691 g/mol. The van der Waals surface area contributed by atoms with Crippen LogP contribution in [0, 0.1) is 0 Å². The Bertz CT molecular complexity index is 2900. The lowest BCUT2D eigenvalue weighted by Crippen LogP contribution is -2.09. The van der Waals surface area contributed by atoms with E-state index in [2.05, 4.69) is 175 Å². The molecule has 0 aliphatic rings. The van der Waals surface area contributed by atoms with Gasteiger partial charge in [0.25, 0.3) is 0 Å². The van der Waals surface area contributed by atoms with Crippen molar-refractivity contribution < 1.29 is 4.42 Å². The van der Waals surface area contributed by atoms with Gasteiger partial charge in [0.2, 0.25) is 5.89 Å². The fourth-order valence-electron chi connectivity index (χ4n) is 7.45. The Morgan fingerprint density at radius 2 is 0.796 bits per heavy atom. The Balaban J connectivity index is 0.911. The maximum Gasteiger partial charge on any atom is 0.227 e. The van der Waals surface area contributed by atoms with Crippen LogP contribution in [0.3, 0.4) is 0 Å². The molecule has 0 aliphatic carbocycles. The molecule has 1 heterocycles. The summed E-state index contributed by atoms with van der Waals surface area (Å²) in [6.45, 7) is 0. The summed E-state index contributed by atoms with van der Waals surface area (Å²) in [5.74, 6) is 0.644. The molecule has 0 radical (unpaired) electrons. The number of rotatable bonds is 7. The van der Waals surface area contributed by atoms with E-state index in [1.165, 1.54) is 38.6 Å². The molecule has 0 N–H and O–H groups in total. The lowest BCUT2D eigenvalue weighted by Gasteiger charge is -2.26. The molecule has 0 aliphatic heterocycles. The van der Waals surface area contributed by atoms with Crippen molar-refractivity contribution in [1.29, 1.82) is 0 Å². The predicted octanol–water partition coefficient (Wildman–Crippen LogP) is 14.3. The summed E-state index contributed by atoms with van der Waals surface area (Å²) < 4.78 is 6.27. The van der Waals surface area contributed by atoms with Crippen molar-refractivity contribution in [3.05, 3.63) is 206 Å². The number of para-hydroxylation sites is 1. The largest absolute Gasteiger partial charge is 0.435 e. The minimum Gasteiger partial charge on any atom is -0.435 e. The van der Waals surface area contributed by atoms with Gasteiger partial charge in [-0.25, -0.2) is 4.98 Å². The van der Waals surface area contributed by atoms with Crippen LogP contribution in [0.2, 0.25) is 0 Å². The molecule has 0 unspecified atom stereocenters. The zero-order valence-corrected chi connectivity index (χ0v) is 29.4. The van der Waals surface area contributed by atoms with E-state index in [9.17, 15) is 0 Å². The van der Waals surface area contributed by atoms with Gasteiger partial charge in [-0.15, -0.1) is 0 Å². The van der Waals surface area contributed by atoms with Crippen LogP contribution in [-0.4, -0.2) is 4.98 Å². The van der Waals surface area contributed by atoms with E-state index in [-0.39, 0.29) is 0 Å². The second kappa shape index (κ2) is 13.4. The Morgan fingerprint density at radius 1 is 0.333 bits per heavy atom. The maximum absolute atomic E-state index is 6.27. The topological polar surface area (TPSA) is 29.3 Å². The summed E-state index contributed by atoms with van der Waals surface area (Å²) in [6.07, 6.45) is 0. The van der Waals surface area contributed by atoms with Crippen molar-refractivity contribution in [3.8, 4) is 44.8 Å². The van der Waals surface area contributed by atoms with Crippen LogP contribution in [0.1, 0.15) is 0 Å². The number of hydrogen-bond acceptors (Lipinski definition) is 3. The quantitative estimate of drug-likeness (QED) is 0.167. The van der Waals surface area contributed by atoms with Gasteiger partial charge in [-0.05, 0) is 122 Å². The molecule has 0 amide bonds. The predicted molar refractivity (Wildman–Crippen MR) is 225 cm³/mol. The number of benzene rings is 9. The van der Waals surface area contributed by atoms with Gasteiger partial charge < -0.3 is 9.32 Å². The average Bonchev–Trinajstić information content (AvgIpc) is 3.70. The van der Waals surface area contributed by atoms with Crippen molar-refractivity contribution in [2.24, 2.45) is 0 Å². The summed E-state index contributed by atoms with van der Waals surface area (Å²) in [5, 5.41) is 4.69.